The SMILES string of the molecule is CCC(=O)O[C@]1(C(=O)COCNCCNC(C)C)[C@@H](C)CC2[C@@H]3CCC4=CC(=O)C=C[C@]4(C)[C@@]3(Cl)[C@@H](O)C[C@@]21C. The molecular formula is C31H47ClN2O6. The lowest BCUT2D eigenvalue weighted by atomic mass is 9.45. The minimum absolute atomic E-state index is 0.0578. The summed E-state index contributed by atoms with van der Waals surface area (Å²) in [5, 5.41) is 18.4. The van der Waals surface area contributed by atoms with Gasteiger partial charge in [-0.25, -0.2) is 0 Å². The lowest BCUT2D eigenvalue weighted by molar-refractivity contribution is -0.203. The van der Waals surface area contributed by atoms with E-state index in [4.69, 9.17) is 21.1 Å². The minimum Gasteiger partial charge on any atom is -0.450 e. The Balaban J connectivity index is 1.62. The van der Waals surface area contributed by atoms with Crippen LogP contribution in [0.1, 0.15) is 73.6 Å². The van der Waals surface area contributed by atoms with Crippen molar-refractivity contribution in [2.75, 3.05) is 26.4 Å². The third-order valence-electron chi connectivity index (χ3n) is 10.5. The number of hydrogen-bond acceptors (Lipinski definition) is 8. The molecule has 4 aliphatic carbocycles. The van der Waals surface area contributed by atoms with Crippen molar-refractivity contribution in [3.05, 3.63) is 23.8 Å². The van der Waals surface area contributed by atoms with Gasteiger partial charge in [-0.2, -0.15) is 0 Å². The summed E-state index contributed by atoms with van der Waals surface area (Å²) in [4.78, 5) is 38.1. The van der Waals surface area contributed by atoms with Crippen LogP contribution in [0.15, 0.2) is 23.8 Å². The summed E-state index contributed by atoms with van der Waals surface area (Å²) in [5.74, 6) is -1.26. The van der Waals surface area contributed by atoms with E-state index in [1.165, 1.54) is 0 Å². The molecule has 0 aromatic rings. The van der Waals surface area contributed by atoms with Crippen molar-refractivity contribution < 1.29 is 29.0 Å². The van der Waals surface area contributed by atoms with Crippen molar-refractivity contribution >= 4 is 29.1 Å². The second-order valence-corrected chi connectivity index (χ2v) is 13.6. The largest absolute Gasteiger partial charge is 0.450 e. The lowest BCUT2D eigenvalue weighted by Gasteiger charge is -2.64. The summed E-state index contributed by atoms with van der Waals surface area (Å²) in [6, 6.07) is 0.388. The molecule has 4 rings (SSSR count). The first kappa shape index (κ1) is 31.4. The number of esters is 1. The first-order chi connectivity index (χ1) is 18.8. The number of aliphatic hydroxyl groups is 1. The standard InChI is InChI=1S/C31H47ClN2O6/c1-7-27(38)40-31(26(37)17-39-18-33-12-13-34-19(2)3)20(4)14-24-23-9-8-21-15-22(35)10-11-28(21,5)30(23,32)25(36)16-29(24,31)6/h10-11,15,19-20,23-25,33-34,36H,7-9,12-14,16-18H2,1-6H3/t20-,23-,24?,25-,28-,29-,30-,31-/m0/s1. The molecule has 0 bridgehead atoms. The Labute approximate surface area is 243 Å². The summed E-state index contributed by atoms with van der Waals surface area (Å²) >= 11 is 7.55. The van der Waals surface area contributed by atoms with Crippen LogP contribution in [0.25, 0.3) is 0 Å². The summed E-state index contributed by atoms with van der Waals surface area (Å²) in [6.45, 7) is 13.3. The number of nitrogens with one attached hydrogen (secondary N) is 2. The predicted molar refractivity (Wildman–Crippen MR) is 154 cm³/mol. The third-order valence-corrected chi connectivity index (χ3v) is 11.4. The molecule has 224 valence electrons. The van der Waals surface area contributed by atoms with Gasteiger partial charge in [0.2, 0.25) is 5.78 Å². The number of alkyl halides is 1. The number of Topliss-reactive ketones (excluding diaryl/α,β-unsaturated/α-hetero) is 1. The molecule has 3 saturated carbocycles. The number of carbonyl (C=O) groups is 3. The topological polar surface area (TPSA) is 114 Å². The molecule has 3 fully saturated rings. The van der Waals surface area contributed by atoms with Crippen LogP contribution in [0, 0.1) is 28.6 Å². The van der Waals surface area contributed by atoms with Crippen LogP contribution in [0.2, 0.25) is 0 Å². The zero-order valence-corrected chi connectivity index (χ0v) is 25.6. The van der Waals surface area contributed by atoms with Gasteiger partial charge in [0.25, 0.3) is 0 Å². The van der Waals surface area contributed by atoms with E-state index >= 15 is 0 Å². The number of hydrogen-bond donors (Lipinski definition) is 3. The van der Waals surface area contributed by atoms with Crippen LogP contribution in [0.5, 0.6) is 0 Å². The first-order valence-electron chi connectivity index (χ1n) is 14.9. The van der Waals surface area contributed by atoms with E-state index in [9.17, 15) is 19.5 Å². The Morgan fingerprint density at radius 2 is 1.95 bits per heavy atom. The monoisotopic (exact) mass is 578 g/mol. The highest BCUT2D eigenvalue weighted by molar-refractivity contribution is 6.26. The highest BCUT2D eigenvalue weighted by Gasteiger charge is 2.76. The summed E-state index contributed by atoms with van der Waals surface area (Å²) < 4.78 is 12.0. The lowest BCUT2D eigenvalue weighted by Crippen LogP contribution is -2.69. The molecule has 8 atom stereocenters. The summed E-state index contributed by atoms with van der Waals surface area (Å²) in [5.41, 5.74) is -2.01. The number of ketones is 2. The molecule has 8 nitrogen and oxygen atoms in total. The molecule has 0 aliphatic heterocycles. The normalized spacial score (nSPS) is 40.3. The Kier molecular flexibility index (Phi) is 9.09. The number of ether oxygens (including phenoxy) is 2. The molecule has 9 heteroatoms. The Hall–Kier alpha value is -1.58. The van der Waals surface area contributed by atoms with Crippen LogP contribution < -0.4 is 10.6 Å². The van der Waals surface area contributed by atoms with E-state index in [-0.39, 0.29) is 55.5 Å². The molecular weight excluding hydrogens is 532 g/mol. The van der Waals surface area contributed by atoms with E-state index in [1.807, 2.05) is 26.8 Å². The van der Waals surface area contributed by atoms with E-state index in [2.05, 4.69) is 24.5 Å². The van der Waals surface area contributed by atoms with Gasteiger partial charge in [-0.3, -0.25) is 19.7 Å². The average Bonchev–Trinajstić information content (AvgIpc) is 3.11. The quantitative estimate of drug-likeness (QED) is 0.147. The molecule has 4 aliphatic rings. The maximum atomic E-state index is 14.1. The predicted octanol–water partition coefficient (Wildman–Crippen LogP) is 3.70. The first-order valence-corrected chi connectivity index (χ1v) is 15.2. The van der Waals surface area contributed by atoms with Gasteiger partial charge >= 0.3 is 5.97 Å². The van der Waals surface area contributed by atoms with Crippen LogP contribution >= 0.6 is 11.6 Å². The minimum atomic E-state index is -1.43. The molecule has 40 heavy (non-hydrogen) atoms. The van der Waals surface area contributed by atoms with Crippen LogP contribution in [0.4, 0.5) is 0 Å². The van der Waals surface area contributed by atoms with E-state index in [0.717, 1.165) is 12.1 Å². The van der Waals surface area contributed by atoms with Crippen LogP contribution in [-0.4, -0.2) is 71.7 Å². The number of carbonyl (C=O) groups excluding carboxylic acids is 3. The number of aliphatic hydroxyl groups excluding tert-OH is 1. The number of rotatable bonds is 11. The molecule has 0 heterocycles. The summed E-state index contributed by atoms with van der Waals surface area (Å²) in [7, 11) is 0. The molecule has 0 amide bonds. The van der Waals surface area contributed by atoms with Crippen molar-refractivity contribution in [3.8, 4) is 0 Å². The van der Waals surface area contributed by atoms with Crippen molar-refractivity contribution in [2.24, 2.45) is 28.6 Å². The van der Waals surface area contributed by atoms with Crippen molar-refractivity contribution in [1.29, 1.82) is 0 Å². The van der Waals surface area contributed by atoms with Gasteiger partial charge < -0.3 is 19.9 Å². The van der Waals surface area contributed by atoms with E-state index < -0.39 is 33.4 Å². The van der Waals surface area contributed by atoms with Crippen molar-refractivity contribution in [2.45, 2.75) is 96.3 Å². The average molecular weight is 579 g/mol. The molecule has 0 radical (unpaired) electrons. The van der Waals surface area contributed by atoms with Gasteiger partial charge in [0, 0.05) is 42.3 Å². The zero-order chi connectivity index (χ0) is 29.5. The fourth-order valence-electron chi connectivity index (χ4n) is 8.50. The van der Waals surface area contributed by atoms with Crippen molar-refractivity contribution in [3.63, 3.8) is 0 Å². The van der Waals surface area contributed by atoms with Gasteiger partial charge in [0.15, 0.2) is 11.4 Å². The van der Waals surface area contributed by atoms with E-state index in [0.29, 0.717) is 31.8 Å². The fraction of sp³-hybridized carbons (Fsp3) is 0.774. The van der Waals surface area contributed by atoms with Crippen molar-refractivity contribution in [1.82, 2.24) is 10.6 Å². The zero-order valence-electron chi connectivity index (χ0n) is 24.8. The van der Waals surface area contributed by atoms with E-state index in [1.54, 1.807) is 19.1 Å². The van der Waals surface area contributed by atoms with Gasteiger partial charge in [-0.1, -0.05) is 53.2 Å². The molecule has 3 N–H and O–H groups in total. The molecule has 0 spiro atoms. The molecule has 0 aromatic heterocycles. The van der Waals surface area contributed by atoms with Crippen LogP contribution in [0.3, 0.4) is 0 Å². The Morgan fingerprint density at radius 3 is 2.62 bits per heavy atom. The maximum Gasteiger partial charge on any atom is 0.306 e. The Morgan fingerprint density at radius 1 is 1.23 bits per heavy atom. The van der Waals surface area contributed by atoms with Gasteiger partial charge in [-0.05, 0) is 49.7 Å². The van der Waals surface area contributed by atoms with Gasteiger partial charge in [0.1, 0.15) is 6.61 Å². The number of allylic oxidation sites excluding steroid dienone is 4. The van der Waals surface area contributed by atoms with Gasteiger partial charge in [-0.15, -0.1) is 11.6 Å². The molecule has 1 unspecified atom stereocenters. The molecule has 0 saturated heterocycles. The second-order valence-electron chi connectivity index (χ2n) is 13.0. The van der Waals surface area contributed by atoms with Crippen LogP contribution in [-0.2, 0) is 23.9 Å². The summed E-state index contributed by atoms with van der Waals surface area (Å²) in [6.07, 6.45) is 6.46. The van der Waals surface area contributed by atoms with Gasteiger partial charge in [0.05, 0.1) is 17.7 Å². The number of fused-ring (bicyclic) bond motifs is 5. The second kappa shape index (κ2) is 11.6. The highest BCUT2D eigenvalue weighted by Crippen LogP contribution is 2.72. The maximum absolute atomic E-state index is 14.1. The highest BCUT2D eigenvalue weighted by atomic mass is 35.5. The smallest absolute Gasteiger partial charge is 0.306 e. The number of halogens is 1. The molecule has 0 aromatic carbocycles. The third kappa shape index (κ3) is 4.81. The Bertz CT molecular complexity index is 1080. The fourth-order valence-corrected chi connectivity index (χ4v) is 9.02.